The number of primary amides is 1. The molecule has 1 aromatic rings. The van der Waals surface area contributed by atoms with E-state index in [-0.39, 0.29) is 48.6 Å². The first-order chi connectivity index (χ1) is 26.5. The van der Waals surface area contributed by atoms with E-state index in [1.165, 1.54) is 12.0 Å². The normalized spacial score (nSPS) is 22.7. The number of hydrogen-bond donors (Lipinski definition) is 3. The number of rotatable bonds is 23. The van der Waals surface area contributed by atoms with E-state index < -0.39 is 54.0 Å². The zero-order valence-electron chi connectivity index (χ0n) is 34.9. The Morgan fingerprint density at radius 1 is 1.12 bits per heavy atom. The van der Waals surface area contributed by atoms with Crippen molar-refractivity contribution in [1.82, 2.24) is 25.3 Å². The molecule has 4 N–H and O–H groups in total. The van der Waals surface area contributed by atoms with E-state index in [0.29, 0.717) is 25.0 Å². The number of benzene rings is 1. The van der Waals surface area contributed by atoms with Gasteiger partial charge in [0.25, 0.3) is 0 Å². The fourth-order valence-electron chi connectivity index (χ4n) is 8.21. The molecule has 4 amide bonds. The zero-order chi connectivity index (χ0) is 41.9. The first kappa shape index (κ1) is 46.3. The monoisotopic (exact) mass is 784 g/mol. The number of likely N-dealkylation sites (N-methyl/N-ethyl adjacent to an activating group) is 2. The molecule has 3 rings (SSSR count). The molecule has 0 radical (unpaired) electrons. The van der Waals surface area contributed by atoms with Crippen molar-refractivity contribution in [3.63, 3.8) is 0 Å². The summed E-state index contributed by atoms with van der Waals surface area (Å²) < 4.78 is 18.1. The maximum atomic E-state index is 14.3. The van der Waals surface area contributed by atoms with Crippen molar-refractivity contribution >= 4 is 23.6 Å². The zero-order valence-corrected chi connectivity index (χ0v) is 34.9. The minimum Gasteiger partial charge on any atom is -0.379 e. The van der Waals surface area contributed by atoms with Gasteiger partial charge in [0, 0.05) is 38.6 Å². The SMILES string of the molecule is C=C(C)[C@@H](C(=O)N[C@H](C(=O)N(C)[C@@H]([C@@H](C)CC)[C@@H](CC(=O)N1CCC[C@H]1[C@H](OC)[C@@H](C)C1OC1N[C@@H](Cc1ccccc1)C(N)=O)OC)C(C)N=[N+]=[N-])N(C)C. The molecule has 2 heterocycles. The summed E-state index contributed by atoms with van der Waals surface area (Å²) in [5.74, 6) is -1.76. The van der Waals surface area contributed by atoms with Crippen molar-refractivity contribution in [3.8, 4) is 0 Å². The van der Waals surface area contributed by atoms with Gasteiger partial charge in [-0.05, 0) is 57.3 Å². The number of methoxy groups -OCH3 is 2. The lowest BCUT2D eigenvalue weighted by atomic mass is 9.89. The number of nitrogens with two attached hydrogens (primary N) is 1. The van der Waals surface area contributed by atoms with Gasteiger partial charge in [-0.15, -0.1) is 0 Å². The highest BCUT2D eigenvalue weighted by atomic mass is 16.6. The van der Waals surface area contributed by atoms with Gasteiger partial charge in [0.15, 0.2) is 0 Å². The molecule has 312 valence electrons. The lowest BCUT2D eigenvalue weighted by Gasteiger charge is -2.41. The number of carbonyl (C=O) groups is 4. The van der Waals surface area contributed by atoms with E-state index in [9.17, 15) is 24.7 Å². The van der Waals surface area contributed by atoms with Crippen molar-refractivity contribution in [2.24, 2.45) is 22.7 Å². The summed E-state index contributed by atoms with van der Waals surface area (Å²) >= 11 is 0. The first-order valence-electron chi connectivity index (χ1n) is 19.5. The summed E-state index contributed by atoms with van der Waals surface area (Å²) in [5.41, 5.74) is 16.6. The molecule has 2 aliphatic heterocycles. The largest absolute Gasteiger partial charge is 0.379 e. The van der Waals surface area contributed by atoms with E-state index in [0.717, 1.165) is 18.4 Å². The molecule has 56 heavy (non-hydrogen) atoms. The highest BCUT2D eigenvalue weighted by Gasteiger charge is 2.51. The van der Waals surface area contributed by atoms with E-state index in [2.05, 4.69) is 27.2 Å². The third-order valence-corrected chi connectivity index (χ3v) is 11.4. The van der Waals surface area contributed by atoms with Crippen LogP contribution in [0.2, 0.25) is 0 Å². The summed E-state index contributed by atoms with van der Waals surface area (Å²) in [5, 5.41) is 9.85. The Bertz CT molecular complexity index is 1540. The quantitative estimate of drug-likeness (QED) is 0.0490. The summed E-state index contributed by atoms with van der Waals surface area (Å²) in [6.07, 6.45) is 0.939. The average molecular weight is 784 g/mol. The van der Waals surface area contributed by atoms with Gasteiger partial charge >= 0.3 is 0 Å². The summed E-state index contributed by atoms with van der Waals surface area (Å²) in [6.45, 7) is 13.8. The molecule has 0 bridgehead atoms. The number of ether oxygens (including phenoxy) is 3. The second kappa shape index (κ2) is 21.5. The lowest BCUT2D eigenvalue weighted by molar-refractivity contribution is -0.146. The van der Waals surface area contributed by atoms with E-state index in [4.69, 9.17) is 19.9 Å². The summed E-state index contributed by atoms with van der Waals surface area (Å²) in [6, 6.07) is 5.42. The Hall–Kier alpha value is -4.05. The molecule has 12 atom stereocenters. The van der Waals surface area contributed by atoms with E-state index in [1.807, 2.05) is 56.0 Å². The van der Waals surface area contributed by atoms with Crippen LogP contribution in [0.5, 0.6) is 0 Å². The van der Waals surface area contributed by atoms with Crippen molar-refractivity contribution < 1.29 is 33.4 Å². The average Bonchev–Trinajstić information content (AvgIpc) is 3.76. The number of nitrogens with zero attached hydrogens (tertiary/aromatic N) is 6. The maximum Gasteiger partial charge on any atom is 0.245 e. The van der Waals surface area contributed by atoms with Crippen LogP contribution >= 0.6 is 0 Å². The highest BCUT2D eigenvalue weighted by molar-refractivity contribution is 5.92. The van der Waals surface area contributed by atoms with Crippen LogP contribution < -0.4 is 16.4 Å². The highest BCUT2D eigenvalue weighted by Crippen LogP contribution is 2.36. The van der Waals surface area contributed by atoms with Gasteiger partial charge in [-0.1, -0.05) is 81.7 Å². The number of epoxide rings is 1. The first-order valence-corrected chi connectivity index (χ1v) is 19.5. The molecule has 0 aliphatic carbocycles. The topological polar surface area (TPSA) is 208 Å². The third-order valence-electron chi connectivity index (χ3n) is 11.4. The molecule has 2 fully saturated rings. The van der Waals surface area contributed by atoms with Gasteiger partial charge in [0.2, 0.25) is 23.6 Å². The van der Waals surface area contributed by atoms with Crippen LogP contribution in [-0.4, -0.2) is 141 Å². The number of likely N-dealkylation sites (tertiary alicyclic amines) is 1. The molecule has 16 heteroatoms. The van der Waals surface area contributed by atoms with Gasteiger partial charge in [0.1, 0.15) is 24.4 Å². The summed E-state index contributed by atoms with van der Waals surface area (Å²) in [4.78, 5) is 62.3. The fraction of sp³-hybridized carbons (Fsp3) is 0.700. The minimum absolute atomic E-state index is 0.00435. The molecule has 0 aromatic heterocycles. The molecular formula is C40H65N9O7. The second-order valence-corrected chi connectivity index (χ2v) is 15.6. The molecule has 0 saturated carbocycles. The van der Waals surface area contributed by atoms with Gasteiger partial charge in [-0.25, -0.2) is 0 Å². The molecular weight excluding hydrogens is 718 g/mol. The predicted molar refractivity (Wildman–Crippen MR) is 214 cm³/mol. The fourth-order valence-corrected chi connectivity index (χ4v) is 8.21. The molecule has 3 unspecified atom stereocenters. The molecule has 2 aliphatic rings. The van der Waals surface area contributed by atoms with Gasteiger partial charge < -0.3 is 35.1 Å². The van der Waals surface area contributed by atoms with Crippen LogP contribution in [0.3, 0.4) is 0 Å². The van der Waals surface area contributed by atoms with E-state index >= 15 is 0 Å². The number of azide groups is 1. The Labute approximate surface area is 332 Å². The number of nitrogens with one attached hydrogen (secondary N) is 2. The van der Waals surface area contributed by atoms with Crippen LogP contribution in [0.4, 0.5) is 0 Å². The second-order valence-electron chi connectivity index (χ2n) is 15.6. The predicted octanol–water partition coefficient (Wildman–Crippen LogP) is 3.01. The lowest BCUT2D eigenvalue weighted by Crippen LogP contribution is -2.60. The van der Waals surface area contributed by atoms with Gasteiger partial charge in [-0.3, -0.25) is 29.4 Å². The standard InChI is InChI=1S/C40H65N9O7/c1-12-24(4)34(48(9)40(53)32(26(6)45-46-42)44-38(52)33(23(2)3)47(7)8)30(54-10)22-31(50)49-20-16-19-29(49)35(55-11)25(5)36-39(56-36)43-28(37(41)51)21-27-17-14-13-15-18-27/h13-15,17-18,24-26,28-30,32-36,39,43H,2,12,16,19-22H2,1,3-11H3,(H2,41,51)(H,44,52)/t24-,25+,26?,28-,29-,30+,32-,33-,34-,35+,36?,39?/m0/s1. The van der Waals surface area contributed by atoms with Crippen LogP contribution in [-0.2, 0) is 39.8 Å². The third kappa shape index (κ3) is 11.7. The molecule has 16 nitrogen and oxygen atoms in total. The number of carbonyl (C=O) groups excluding carboxylic acids is 4. The van der Waals surface area contributed by atoms with Crippen LogP contribution in [0, 0.1) is 11.8 Å². The molecule has 2 saturated heterocycles. The smallest absolute Gasteiger partial charge is 0.245 e. The van der Waals surface area contributed by atoms with Crippen molar-refractivity contribution in [2.45, 2.75) is 128 Å². The van der Waals surface area contributed by atoms with Gasteiger partial charge in [-0.2, -0.15) is 0 Å². The van der Waals surface area contributed by atoms with E-state index in [1.54, 1.807) is 47.0 Å². The van der Waals surface area contributed by atoms with Crippen molar-refractivity contribution in [3.05, 3.63) is 58.5 Å². The number of hydrogen-bond acceptors (Lipinski definition) is 10. The van der Waals surface area contributed by atoms with Crippen LogP contribution in [0.1, 0.15) is 65.9 Å². The van der Waals surface area contributed by atoms with Gasteiger partial charge in [0.05, 0.1) is 42.8 Å². The Kier molecular flexibility index (Phi) is 17.8. The number of amides is 4. The Morgan fingerprint density at radius 3 is 2.32 bits per heavy atom. The molecule has 1 aromatic carbocycles. The Balaban J connectivity index is 1.77. The summed E-state index contributed by atoms with van der Waals surface area (Å²) in [7, 11) is 8.26. The molecule has 0 spiro atoms. The van der Waals surface area contributed by atoms with Crippen LogP contribution in [0.15, 0.2) is 47.6 Å². The van der Waals surface area contributed by atoms with Crippen molar-refractivity contribution in [1.29, 1.82) is 0 Å². The Morgan fingerprint density at radius 2 is 1.79 bits per heavy atom. The van der Waals surface area contributed by atoms with Crippen LogP contribution in [0.25, 0.3) is 10.4 Å². The van der Waals surface area contributed by atoms with Crippen molar-refractivity contribution in [2.75, 3.05) is 41.9 Å². The maximum absolute atomic E-state index is 14.3. The minimum atomic E-state index is -1.18.